The fraction of sp³-hybridized carbons (Fsp3) is 0.486. The molecule has 1 unspecified atom stereocenters. The Balaban J connectivity index is 0.000000288. The van der Waals surface area contributed by atoms with Crippen LogP contribution < -0.4 is 52.8 Å². The SMILES string of the molecule is C.CCC(N)=O.CCC[C@@H]1CCc2ccc3c(c21)CCO3.N.N#C/C=C1\CCc2c(Br)c(Br)c3c(c21)CCO3.[HH].[N-]=S.[NH3+]C/C=C1\CCc2c(Br)c(Br)c3c(c21)CCO3.[NH3+]CCC1CCc2ccc3c(c21)CCO3.[NH3+]CC[C@@H]1CCc2ccc3c(c21)CCO3.[Y].[Y].[Y]. The molecule has 0 aromatic heterocycles. The van der Waals surface area contributed by atoms with Crippen LogP contribution in [0.25, 0.3) is 15.9 Å². The van der Waals surface area contributed by atoms with E-state index < -0.39 is 0 Å². The van der Waals surface area contributed by atoms with Crippen LogP contribution in [0.3, 0.4) is 0 Å². The van der Waals surface area contributed by atoms with Crippen LogP contribution >= 0.6 is 63.7 Å². The Kier molecular flexibility index (Phi) is 36.0. The van der Waals surface area contributed by atoms with Crippen molar-refractivity contribution >= 4 is 93.2 Å². The number of carbonyl (C=O) groups excluding carboxylic acids is 1. The van der Waals surface area contributed by atoms with E-state index in [9.17, 15) is 4.79 Å². The Bertz CT molecular complexity index is 3260. The molecule has 0 fully saturated rings. The molecule has 5 aliphatic heterocycles. The van der Waals surface area contributed by atoms with Crippen molar-refractivity contribution in [1.29, 1.82) is 5.26 Å². The molecule has 14 N–H and O–H groups in total. The number of amides is 1. The molecule has 0 bridgehead atoms. The zero-order valence-electron chi connectivity index (χ0n) is 52.6. The summed E-state index contributed by atoms with van der Waals surface area (Å²) in [5, 5.41) is 8.85. The zero-order valence-corrected chi connectivity index (χ0v) is 68.2. The van der Waals surface area contributed by atoms with Crippen molar-refractivity contribution in [3.05, 3.63) is 155 Å². The summed E-state index contributed by atoms with van der Waals surface area (Å²) in [6.07, 6.45) is 26.8. The minimum Gasteiger partial charge on any atom is -0.742 e. The van der Waals surface area contributed by atoms with E-state index in [0.29, 0.717) is 6.42 Å². The quantitative estimate of drug-likeness (QED) is 0.0925. The first-order chi connectivity index (χ1) is 41.9. The normalized spacial score (nSPS) is 18.6. The molecule has 3 radical (unpaired) electrons. The number of fused-ring (bicyclic) bond motifs is 15. The third kappa shape index (κ3) is 18.5. The topological polar surface area (TPSA) is 253 Å². The van der Waals surface area contributed by atoms with Crippen molar-refractivity contribution in [3.8, 4) is 34.8 Å². The van der Waals surface area contributed by atoms with Crippen LogP contribution in [0.5, 0.6) is 28.7 Å². The molecule has 91 heavy (non-hydrogen) atoms. The molecule has 0 spiro atoms. The van der Waals surface area contributed by atoms with Gasteiger partial charge in [0.1, 0.15) is 28.7 Å². The van der Waals surface area contributed by atoms with Crippen LogP contribution in [0.1, 0.15) is 188 Å². The van der Waals surface area contributed by atoms with E-state index in [0.717, 1.165) is 176 Å². The number of primary amides is 1. The second-order valence-electron chi connectivity index (χ2n) is 23.3. The number of aryl methyl sites for hydroxylation is 3. The summed E-state index contributed by atoms with van der Waals surface area (Å²) >= 11 is 17.6. The van der Waals surface area contributed by atoms with E-state index in [1.165, 1.54) is 124 Å². The van der Waals surface area contributed by atoms with E-state index in [1.54, 1.807) is 46.4 Å². The number of hydrogen-bond donors (Lipinski definition) is 5. The van der Waals surface area contributed by atoms with Gasteiger partial charge < -0.3 is 57.5 Å². The van der Waals surface area contributed by atoms with E-state index in [4.69, 9.17) is 33.7 Å². The van der Waals surface area contributed by atoms with Gasteiger partial charge in [-0.15, -0.1) is 0 Å². The standard InChI is InChI=1S/C14H18O.C13H13Br2NO.C13H9Br2NO.2C13H17NO.C3H7NO.CH4.NS.H3N.3Y.H2/c1-2-3-10-4-5-11-6-7-13-12(14(10)11)8-9-15-13;2*14-11-8-2-1-7(3-5-16)10(8)9-4-6-17-13(9)12(11)15;2*14-7-5-10-2-1-9-3-4-12-11(13(9)10)6-8-15-12;1-2-3(4)5;;1-2;;;;;/h6-7,10H,2-5,8-9H2,1H3;3H,1-2,4-6,16H2;3H,1-2,4,6H2;2*3-4,10H,1-2,5-8,14H2;2H2,1H3,(H2,4,5);1H4;;1H3;;;;1H/q;;;;;;;-1;;;;;/p+3/b;2*7-3+;;;;;;;;;;/t10-;;;10-;;;;;;;;;/m1..0........./s1. The fourth-order valence-corrected chi connectivity index (χ4v) is 17.1. The average Bonchev–Trinajstić information content (AvgIpc) is 1.69. The van der Waals surface area contributed by atoms with Crippen molar-refractivity contribution in [3.63, 3.8) is 0 Å². The summed E-state index contributed by atoms with van der Waals surface area (Å²) in [4.78, 5) is 9.59. The van der Waals surface area contributed by atoms with Crippen LogP contribution in [0.4, 0.5) is 0 Å². The zero-order chi connectivity index (χ0) is 61.0. The molecule has 5 aromatic rings. The second-order valence-corrected chi connectivity index (χ2v) is 26.5. The Hall–Kier alpha value is -1.37. The molecule has 13 nitrogen and oxygen atoms in total. The van der Waals surface area contributed by atoms with Gasteiger partial charge in [-0.3, -0.25) is 17.2 Å². The first-order valence-corrected chi connectivity index (χ1v) is 34.7. The third-order valence-electron chi connectivity index (χ3n) is 18.5. The number of rotatable bonds is 8. The maximum atomic E-state index is 9.59. The Morgan fingerprint density at radius 2 is 0.912 bits per heavy atom. The molecule has 10 aliphatic rings. The number of nitrogens with two attached hydrogens (primary N) is 1. The monoisotopic (exact) mass is 1740 g/mol. The van der Waals surface area contributed by atoms with Gasteiger partial charge in [0.25, 0.3) is 0 Å². The van der Waals surface area contributed by atoms with Crippen molar-refractivity contribution < 1.29 is 145 Å². The van der Waals surface area contributed by atoms with Gasteiger partial charge >= 0.3 is 0 Å². The predicted octanol–water partition coefficient (Wildman–Crippen LogP) is 13.9. The maximum absolute atomic E-state index is 9.59. The summed E-state index contributed by atoms with van der Waals surface area (Å²) in [5.74, 6) is 7.52. The number of nitrogens with zero attached hydrogens (tertiary/aromatic N) is 2. The van der Waals surface area contributed by atoms with Gasteiger partial charge in [-0.05, 0) is 243 Å². The average molecular weight is 1750 g/mol. The molecule has 485 valence electrons. The van der Waals surface area contributed by atoms with Crippen LogP contribution in [0, 0.1) is 11.3 Å². The first kappa shape index (κ1) is 82.1. The van der Waals surface area contributed by atoms with Gasteiger partial charge in [0.15, 0.2) is 0 Å². The van der Waals surface area contributed by atoms with E-state index >= 15 is 0 Å². The molecule has 0 saturated carbocycles. The molecular weight excluding hydrogens is 1650 g/mol. The van der Waals surface area contributed by atoms with Crippen molar-refractivity contribution in [2.75, 3.05) is 52.7 Å². The van der Waals surface area contributed by atoms with Crippen molar-refractivity contribution in [2.24, 2.45) is 5.73 Å². The molecule has 5 aliphatic carbocycles. The number of quaternary nitrogens is 3. The largest absolute Gasteiger partial charge is 0.742 e. The van der Waals surface area contributed by atoms with Crippen LogP contribution in [0.2, 0.25) is 0 Å². The third-order valence-corrected chi connectivity index (χ3v) is 22.8. The van der Waals surface area contributed by atoms with Gasteiger partial charge in [-0.25, -0.2) is 0 Å². The minimum absolute atomic E-state index is 0. The number of ether oxygens (including phenoxy) is 5. The summed E-state index contributed by atoms with van der Waals surface area (Å²) in [6, 6.07) is 15.5. The summed E-state index contributed by atoms with van der Waals surface area (Å²) < 4.78 is 39.3. The van der Waals surface area contributed by atoms with Crippen molar-refractivity contribution in [2.45, 2.75) is 167 Å². The molecule has 0 saturated heterocycles. The Labute approximate surface area is 656 Å². The van der Waals surface area contributed by atoms with Crippen molar-refractivity contribution in [1.82, 2.24) is 6.15 Å². The van der Waals surface area contributed by atoms with E-state index in [-0.39, 0.29) is 119 Å². The fourth-order valence-electron chi connectivity index (χ4n) is 14.8. The Morgan fingerprint density at radius 1 is 0.560 bits per heavy atom. The summed E-state index contributed by atoms with van der Waals surface area (Å²) in [5.41, 5.74) is 41.4. The van der Waals surface area contributed by atoms with Crippen LogP contribution in [0.15, 0.2) is 66.4 Å². The molecule has 5 heterocycles. The number of allylic oxidation sites excluding steroid dienone is 3. The second kappa shape index (κ2) is 39.9. The maximum Gasteiger partial charge on any atom is 0.217 e. The molecular formula is C70H93Br4N7O6SY3+2. The number of hydrogen-bond acceptors (Lipinski definition) is 9. The van der Waals surface area contributed by atoms with Gasteiger partial charge in [0.2, 0.25) is 5.91 Å². The number of nitriles is 1. The molecule has 21 heteroatoms. The van der Waals surface area contributed by atoms with Crippen LogP contribution in [-0.4, -0.2) is 58.6 Å². The van der Waals surface area contributed by atoms with Gasteiger partial charge in [0.05, 0.1) is 67.7 Å². The van der Waals surface area contributed by atoms with Crippen LogP contribution in [-0.2, 0) is 180 Å². The summed E-state index contributed by atoms with van der Waals surface area (Å²) in [6.45, 7) is 11.2. The Morgan fingerprint density at radius 3 is 1.26 bits per heavy atom. The van der Waals surface area contributed by atoms with Gasteiger partial charge in [-0.2, -0.15) is 5.26 Å². The molecule has 1 amide bonds. The summed E-state index contributed by atoms with van der Waals surface area (Å²) in [7, 11) is 0. The molecule has 5 aromatic carbocycles. The molecule has 15 rings (SSSR count). The van der Waals surface area contributed by atoms with Gasteiger partial charge in [-0.1, -0.05) is 45.9 Å². The number of halogens is 4. The number of carbonyl (C=O) groups is 1. The number of benzene rings is 5. The predicted molar refractivity (Wildman–Crippen MR) is 372 cm³/mol. The van der Waals surface area contributed by atoms with Gasteiger partial charge in [0, 0.05) is 194 Å². The van der Waals surface area contributed by atoms with E-state index in [1.807, 2.05) is 0 Å². The van der Waals surface area contributed by atoms with E-state index in [2.05, 4.69) is 155 Å². The smallest absolute Gasteiger partial charge is 0.217 e. The first-order valence-electron chi connectivity index (χ1n) is 31.2. The minimum atomic E-state index is -0.245. The molecule has 3 atom stereocenters.